The molecule has 1 atom stereocenters. The van der Waals surface area contributed by atoms with Crippen molar-refractivity contribution in [3.8, 4) is 0 Å². The van der Waals surface area contributed by atoms with Crippen LogP contribution < -0.4 is 4.72 Å². The Balaban J connectivity index is 2.20. The van der Waals surface area contributed by atoms with Gasteiger partial charge in [0.25, 0.3) is 10.2 Å². The van der Waals surface area contributed by atoms with E-state index in [0.717, 1.165) is 24.8 Å². The van der Waals surface area contributed by atoms with Crippen molar-refractivity contribution >= 4 is 26.1 Å². The van der Waals surface area contributed by atoms with Gasteiger partial charge in [-0.15, -0.1) is 0 Å². The van der Waals surface area contributed by atoms with Crippen molar-refractivity contribution in [1.29, 1.82) is 0 Å². The van der Waals surface area contributed by atoms with Gasteiger partial charge >= 0.3 is 0 Å². The average molecular weight is 361 g/mol. The topological polar surface area (TPSA) is 49.4 Å². The van der Waals surface area contributed by atoms with Crippen LogP contribution in [0.25, 0.3) is 0 Å². The van der Waals surface area contributed by atoms with E-state index >= 15 is 0 Å². The van der Waals surface area contributed by atoms with Crippen molar-refractivity contribution in [3.63, 3.8) is 0 Å². The molecule has 2 rings (SSSR count). The minimum atomic E-state index is -3.45. The lowest BCUT2D eigenvalue weighted by atomic mass is 9.96. The Morgan fingerprint density at radius 2 is 1.80 bits per heavy atom. The third kappa shape index (κ3) is 3.61. The van der Waals surface area contributed by atoms with Crippen molar-refractivity contribution in [2.75, 3.05) is 18.4 Å². The fraction of sp³-hybridized carbons (Fsp3) is 0.571. The summed E-state index contributed by atoms with van der Waals surface area (Å²) in [5, 5.41) is 0.525. The van der Waals surface area contributed by atoms with Gasteiger partial charge in [-0.25, -0.2) is 0 Å². The number of rotatable bonds is 5. The van der Waals surface area contributed by atoms with Crippen LogP contribution in [0.5, 0.6) is 0 Å². The molecular weight excluding hydrogens is 340 g/mol. The number of benzene rings is 1. The Labute approximate surface area is 129 Å². The summed E-state index contributed by atoms with van der Waals surface area (Å²) in [7, 11) is -3.45. The summed E-state index contributed by atoms with van der Waals surface area (Å²) in [5.41, 5.74) is 0.315. The fourth-order valence-electron chi connectivity index (χ4n) is 2.42. The Hall–Kier alpha value is -0.430. The first-order chi connectivity index (χ1) is 9.48. The summed E-state index contributed by atoms with van der Waals surface area (Å²) in [6.45, 7) is 3.13. The van der Waals surface area contributed by atoms with E-state index in [9.17, 15) is 8.42 Å². The smallest absolute Gasteiger partial charge is 0.195 e. The van der Waals surface area contributed by atoms with Gasteiger partial charge in [-0.1, -0.05) is 52.7 Å². The molecule has 20 heavy (non-hydrogen) atoms. The molecule has 112 valence electrons. The molecule has 1 aliphatic rings. The predicted molar refractivity (Wildman–Crippen MR) is 85.1 cm³/mol. The normalized spacial score (nSPS) is 20.5. The molecule has 6 heteroatoms. The van der Waals surface area contributed by atoms with E-state index in [1.165, 1.54) is 0 Å². The third-order valence-electron chi connectivity index (χ3n) is 3.69. The molecule has 1 aliphatic heterocycles. The SMILES string of the molecule is CC(CBr)(NS(=O)(=O)N1CCCCC1)c1ccccc1. The monoisotopic (exact) mass is 360 g/mol. The summed E-state index contributed by atoms with van der Waals surface area (Å²) >= 11 is 3.44. The van der Waals surface area contributed by atoms with E-state index in [-0.39, 0.29) is 0 Å². The van der Waals surface area contributed by atoms with Crippen LogP contribution in [0, 0.1) is 0 Å². The van der Waals surface area contributed by atoms with Crippen LogP contribution in [0.2, 0.25) is 0 Å². The van der Waals surface area contributed by atoms with Crippen molar-refractivity contribution in [2.24, 2.45) is 0 Å². The van der Waals surface area contributed by atoms with Gasteiger partial charge in [0.05, 0.1) is 5.54 Å². The Morgan fingerprint density at radius 1 is 1.20 bits per heavy atom. The molecule has 1 fully saturated rings. The average Bonchev–Trinajstić information content (AvgIpc) is 2.48. The number of nitrogens with one attached hydrogen (secondary N) is 1. The molecule has 1 aromatic carbocycles. The van der Waals surface area contributed by atoms with Crippen molar-refractivity contribution < 1.29 is 8.42 Å². The van der Waals surface area contributed by atoms with Gasteiger partial charge in [0.1, 0.15) is 0 Å². The number of halogens is 1. The number of hydrogen-bond acceptors (Lipinski definition) is 2. The van der Waals surface area contributed by atoms with E-state index in [1.807, 2.05) is 37.3 Å². The second kappa shape index (κ2) is 6.56. The Bertz CT molecular complexity index is 529. The van der Waals surface area contributed by atoms with Crippen LogP contribution in [0.3, 0.4) is 0 Å². The fourth-order valence-corrected chi connectivity index (χ4v) is 4.70. The molecule has 1 saturated heterocycles. The van der Waals surface area contributed by atoms with Crippen molar-refractivity contribution in [2.45, 2.75) is 31.7 Å². The maximum Gasteiger partial charge on any atom is 0.280 e. The summed E-state index contributed by atoms with van der Waals surface area (Å²) < 4.78 is 29.5. The zero-order valence-corrected chi connectivity index (χ0v) is 14.1. The maximum atomic E-state index is 12.5. The molecule has 4 nitrogen and oxygen atoms in total. The molecule has 1 heterocycles. The van der Waals surface area contributed by atoms with Gasteiger partial charge in [0, 0.05) is 18.4 Å². The van der Waals surface area contributed by atoms with E-state index in [2.05, 4.69) is 20.7 Å². The van der Waals surface area contributed by atoms with Crippen LogP contribution >= 0.6 is 15.9 Å². The molecule has 0 amide bonds. The zero-order chi connectivity index (χ0) is 14.6. The van der Waals surface area contributed by atoms with E-state index in [0.29, 0.717) is 18.4 Å². The third-order valence-corrected chi connectivity index (χ3v) is 6.56. The van der Waals surface area contributed by atoms with Crippen LogP contribution in [0.15, 0.2) is 30.3 Å². The highest BCUT2D eigenvalue weighted by atomic mass is 79.9. The Morgan fingerprint density at radius 3 is 2.35 bits per heavy atom. The van der Waals surface area contributed by atoms with Gasteiger partial charge < -0.3 is 0 Å². The van der Waals surface area contributed by atoms with Gasteiger partial charge in [0.2, 0.25) is 0 Å². The predicted octanol–water partition coefficient (Wildman–Crippen LogP) is 2.62. The van der Waals surface area contributed by atoms with Gasteiger partial charge in [-0.05, 0) is 25.3 Å². The highest BCUT2D eigenvalue weighted by Gasteiger charge is 2.34. The second-order valence-electron chi connectivity index (χ2n) is 5.40. The molecular formula is C14H21BrN2O2S. The molecule has 0 aromatic heterocycles. The van der Waals surface area contributed by atoms with E-state index in [1.54, 1.807) is 4.31 Å². The first-order valence-electron chi connectivity index (χ1n) is 6.88. The number of hydrogen-bond donors (Lipinski definition) is 1. The molecule has 1 N–H and O–H groups in total. The molecule has 0 radical (unpaired) electrons. The van der Waals surface area contributed by atoms with Gasteiger partial charge in [-0.2, -0.15) is 17.4 Å². The zero-order valence-electron chi connectivity index (χ0n) is 11.7. The quantitative estimate of drug-likeness (QED) is 0.820. The summed E-state index contributed by atoms with van der Waals surface area (Å²) in [4.78, 5) is 0. The molecule has 0 spiro atoms. The molecule has 1 aromatic rings. The van der Waals surface area contributed by atoms with Gasteiger partial charge in [0.15, 0.2) is 0 Å². The molecule has 1 unspecified atom stereocenters. The first-order valence-corrected chi connectivity index (χ1v) is 9.45. The van der Waals surface area contributed by atoms with Gasteiger partial charge in [-0.3, -0.25) is 0 Å². The largest absolute Gasteiger partial charge is 0.280 e. The van der Waals surface area contributed by atoms with E-state index in [4.69, 9.17) is 0 Å². The minimum Gasteiger partial charge on any atom is -0.195 e. The molecule has 0 bridgehead atoms. The lowest BCUT2D eigenvalue weighted by Gasteiger charge is -2.33. The molecule has 0 aliphatic carbocycles. The number of nitrogens with zero attached hydrogens (tertiary/aromatic N) is 1. The maximum absolute atomic E-state index is 12.5. The summed E-state index contributed by atoms with van der Waals surface area (Å²) in [6.07, 6.45) is 3.00. The summed E-state index contributed by atoms with van der Waals surface area (Å²) in [6, 6.07) is 9.66. The lowest BCUT2D eigenvalue weighted by Crippen LogP contribution is -2.52. The van der Waals surface area contributed by atoms with Crippen molar-refractivity contribution in [3.05, 3.63) is 35.9 Å². The Kier molecular flexibility index (Phi) is 5.23. The van der Waals surface area contributed by atoms with E-state index < -0.39 is 15.7 Å². The lowest BCUT2D eigenvalue weighted by molar-refractivity contribution is 0.331. The molecule has 0 saturated carbocycles. The second-order valence-corrected chi connectivity index (χ2v) is 7.63. The van der Waals surface area contributed by atoms with Crippen LogP contribution in [0.4, 0.5) is 0 Å². The van der Waals surface area contributed by atoms with Crippen LogP contribution in [-0.4, -0.2) is 31.1 Å². The summed E-state index contributed by atoms with van der Waals surface area (Å²) in [5.74, 6) is 0. The van der Waals surface area contributed by atoms with Crippen molar-refractivity contribution in [1.82, 2.24) is 9.03 Å². The van der Waals surface area contributed by atoms with Crippen LogP contribution in [-0.2, 0) is 15.7 Å². The minimum absolute atomic E-state index is 0.525. The van der Waals surface area contributed by atoms with Crippen LogP contribution in [0.1, 0.15) is 31.7 Å². The first kappa shape index (κ1) is 15.9. The number of alkyl halides is 1. The number of piperidine rings is 1. The highest BCUT2D eigenvalue weighted by molar-refractivity contribution is 9.09. The standard InChI is InChI=1S/C14H21BrN2O2S/c1-14(12-15,13-8-4-2-5-9-13)16-20(18,19)17-10-6-3-7-11-17/h2,4-5,8-9,16H,3,6-7,10-12H2,1H3. The highest BCUT2D eigenvalue weighted by Crippen LogP contribution is 2.25.